The van der Waals surface area contributed by atoms with Crippen LogP contribution in [0, 0.1) is 17.3 Å². The highest BCUT2D eigenvalue weighted by Gasteiger charge is 2.64. The second kappa shape index (κ2) is 17.9. The van der Waals surface area contributed by atoms with E-state index in [1.165, 1.54) is 36.0 Å². The Hall–Kier alpha value is -1.87. The highest BCUT2D eigenvalue weighted by Crippen LogP contribution is 2.63. The Balaban J connectivity index is 2.00. The lowest BCUT2D eigenvalue weighted by Crippen LogP contribution is -2.59. The van der Waals surface area contributed by atoms with Gasteiger partial charge < -0.3 is 30.3 Å². The number of carbonyl (C=O) groups excluding carboxylic acids is 1. The monoisotopic (exact) mass is 628 g/mol. The highest BCUT2D eigenvalue weighted by molar-refractivity contribution is 5.74. The first-order chi connectivity index (χ1) is 21.5. The first-order valence-electron chi connectivity index (χ1n) is 17.3. The molecule has 254 valence electrons. The Morgan fingerprint density at radius 1 is 1.09 bits per heavy atom. The predicted molar refractivity (Wildman–Crippen MR) is 180 cm³/mol. The SMILES string of the molecule is CC(C)=CCCC(/C=C\C=C(\COC[C@H](O)CO)[C@@H]1CC[C@]2([C@@H]1O)[C@@H](CCCO)/C(=C(/C)C=O)CC[C@@]2(C)O)=C1CCCCC1. The summed E-state index contributed by atoms with van der Waals surface area (Å²) in [5.41, 5.74) is 4.71. The Bertz CT molecular complexity index is 1110. The van der Waals surface area contributed by atoms with Crippen molar-refractivity contribution in [3.63, 3.8) is 0 Å². The van der Waals surface area contributed by atoms with Crippen LogP contribution in [0.5, 0.6) is 0 Å². The fourth-order valence-corrected chi connectivity index (χ4v) is 8.29. The number of aliphatic hydroxyl groups is 5. The molecule has 1 spiro atoms. The quantitative estimate of drug-likeness (QED) is 0.0647. The van der Waals surface area contributed by atoms with Gasteiger partial charge in [0.05, 0.1) is 31.5 Å². The van der Waals surface area contributed by atoms with Crippen LogP contribution in [-0.2, 0) is 9.53 Å². The standard InChI is InChI=1S/C38H60O7/c1-27(2)11-8-14-30(29-12-6-5-7-13-29)15-9-16-31(25-45-26-32(42)24-41)34-19-21-38(36(34)43)35(17-10-22-39)33(28(3)23-40)18-20-37(38,4)44/h9,11,15-16,23,32,34-36,39,41-44H,5-8,10,12-14,17-22,24-26H2,1-4H3/b15-9-,31-16-,33-28-/t32-,34+,35+,36-,37-,38-/m1/s1. The minimum atomic E-state index is -1.16. The van der Waals surface area contributed by atoms with Gasteiger partial charge in [-0.05, 0) is 127 Å². The van der Waals surface area contributed by atoms with Crippen LogP contribution in [0.1, 0.15) is 111 Å². The van der Waals surface area contributed by atoms with Crippen LogP contribution in [0.2, 0.25) is 0 Å². The molecule has 0 heterocycles. The van der Waals surface area contributed by atoms with Crippen molar-refractivity contribution in [2.75, 3.05) is 26.4 Å². The summed E-state index contributed by atoms with van der Waals surface area (Å²) in [7, 11) is 0. The normalized spacial score (nSPS) is 31.0. The van der Waals surface area contributed by atoms with Crippen LogP contribution in [0.25, 0.3) is 0 Å². The van der Waals surface area contributed by atoms with E-state index < -0.39 is 29.8 Å². The van der Waals surface area contributed by atoms with Gasteiger partial charge in [0.1, 0.15) is 12.4 Å². The smallest absolute Gasteiger partial charge is 0.145 e. The molecule has 45 heavy (non-hydrogen) atoms. The van der Waals surface area contributed by atoms with Gasteiger partial charge in [-0.15, -0.1) is 0 Å². The van der Waals surface area contributed by atoms with Crippen molar-refractivity contribution < 1.29 is 35.1 Å². The molecule has 0 aromatic carbocycles. The van der Waals surface area contributed by atoms with E-state index >= 15 is 0 Å². The van der Waals surface area contributed by atoms with E-state index in [1.807, 2.05) is 19.9 Å². The highest BCUT2D eigenvalue weighted by atomic mass is 16.5. The van der Waals surface area contributed by atoms with Crippen LogP contribution in [0.4, 0.5) is 0 Å². The molecule has 3 fully saturated rings. The lowest BCUT2D eigenvalue weighted by Gasteiger charge is -2.55. The third-order valence-corrected chi connectivity index (χ3v) is 10.8. The number of ether oxygens (including phenoxy) is 1. The summed E-state index contributed by atoms with van der Waals surface area (Å²) in [5.74, 6) is -0.526. The zero-order valence-corrected chi connectivity index (χ0v) is 28.3. The van der Waals surface area contributed by atoms with Crippen molar-refractivity contribution in [1.82, 2.24) is 0 Å². The van der Waals surface area contributed by atoms with Crippen molar-refractivity contribution in [1.29, 1.82) is 0 Å². The van der Waals surface area contributed by atoms with Crippen LogP contribution in [-0.4, -0.2) is 76.1 Å². The van der Waals surface area contributed by atoms with E-state index in [0.29, 0.717) is 44.1 Å². The minimum absolute atomic E-state index is 0.00406. The maximum Gasteiger partial charge on any atom is 0.145 e. The molecule has 0 bridgehead atoms. The molecular weight excluding hydrogens is 568 g/mol. The summed E-state index contributed by atoms with van der Waals surface area (Å²) < 4.78 is 5.88. The van der Waals surface area contributed by atoms with Crippen LogP contribution < -0.4 is 0 Å². The minimum Gasteiger partial charge on any atom is -0.396 e. The van der Waals surface area contributed by atoms with Crippen molar-refractivity contribution in [2.45, 2.75) is 129 Å². The Labute approximate surface area is 271 Å². The summed E-state index contributed by atoms with van der Waals surface area (Å²) in [6.07, 6.45) is 18.9. The fourth-order valence-electron chi connectivity index (χ4n) is 8.29. The second-order valence-electron chi connectivity index (χ2n) is 14.1. The number of hydrogen-bond acceptors (Lipinski definition) is 7. The number of aliphatic hydroxyl groups excluding tert-OH is 4. The number of allylic oxidation sites excluding steroid dienone is 9. The molecule has 0 aromatic rings. The van der Waals surface area contributed by atoms with E-state index in [0.717, 1.165) is 43.1 Å². The van der Waals surface area contributed by atoms with E-state index in [1.54, 1.807) is 0 Å². The lowest BCUT2D eigenvalue weighted by atomic mass is 9.52. The lowest BCUT2D eigenvalue weighted by molar-refractivity contribution is -0.167. The average molecular weight is 629 g/mol. The molecule has 0 radical (unpaired) electrons. The molecule has 6 atom stereocenters. The molecule has 0 aromatic heterocycles. The number of carbonyl (C=O) groups is 1. The summed E-state index contributed by atoms with van der Waals surface area (Å²) >= 11 is 0. The molecule has 3 aliphatic carbocycles. The summed E-state index contributed by atoms with van der Waals surface area (Å²) in [5, 5.41) is 53.2. The topological polar surface area (TPSA) is 127 Å². The van der Waals surface area contributed by atoms with Gasteiger partial charge >= 0.3 is 0 Å². The molecule has 5 N–H and O–H groups in total. The summed E-state index contributed by atoms with van der Waals surface area (Å²) in [4.78, 5) is 11.9. The third kappa shape index (κ3) is 9.36. The number of rotatable bonds is 15. The molecule has 3 rings (SSSR count). The molecule has 3 saturated carbocycles. The van der Waals surface area contributed by atoms with Gasteiger partial charge in [0.15, 0.2) is 0 Å². The fraction of sp³-hybridized carbons (Fsp3) is 0.711. The Kier molecular flexibility index (Phi) is 14.9. The Morgan fingerprint density at radius 2 is 1.82 bits per heavy atom. The van der Waals surface area contributed by atoms with Gasteiger partial charge in [0.2, 0.25) is 0 Å². The molecule has 0 saturated heterocycles. The van der Waals surface area contributed by atoms with Crippen molar-refractivity contribution >= 4 is 6.29 Å². The first kappa shape index (κ1) is 37.6. The van der Waals surface area contributed by atoms with Crippen molar-refractivity contribution in [3.8, 4) is 0 Å². The van der Waals surface area contributed by atoms with Gasteiger partial charge in [-0.25, -0.2) is 0 Å². The van der Waals surface area contributed by atoms with E-state index in [4.69, 9.17) is 4.74 Å². The molecule has 7 heteroatoms. The van der Waals surface area contributed by atoms with Crippen LogP contribution >= 0.6 is 0 Å². The van der Waals surface area contributed by atoms with Crippen LogP contribution in [0.3, 0.4) is 0 Å². The van der Waals surface area contributed by atoms with Gasteiger partial charge in [-0.1, -0.05) is 47.4 Å². The molecule has 0 unspecified atom stereocenters. The van der Waals surface area contributed by atoms with Gasteiger partial charge in [-0.3, -0.25) is 4.79 Å². The van der Waals surface area contributed by atoms with Crippen LogP contribution in [0.15, 0.2) is 57.7 Å². The van der Waals surface area contributed by atoms with E-state index in [2.05, 4.69) is 32.1 Å². The van der Waals surface area contributed by atoms with Gasteiger partial charge in [-0.2, -0.15) is 0 Å². The van der Waals surface area contributed by atoms with Gasteiger partial charge in [0.25, 0.3) is 0 Å². The molecule has 0 amide bonds. The molecule has 7 nitrogen and oxygen atoms in total. The molecule has 3 aliphatic rings. The summed E-state index contributed by atoms with van der Waals surface area (Å²) in [6, 6.07) is 0. The molecule has 0 aliphatic heterocycles. The predicted octanol–water partition coefficient (Wildman–Crippen LogP) is 6.05. The van der Waals surface area contributed by atoms with E-state index in [9.17, 15) is 30.3 Å². The Morgan fingerprint density at radius 3 is 2.47 bits per heavy atom. The van der Waals surface area contributed by atoms with Gasteiger partial charge in [0, 0.05) is 17.9 Å². The van der Waals surface area contributed by atoms with Crippen molar-refractivity contribution in [2.24, 2.45) is 17.3 Å². The van der Waals surface area contributed by atoms with E-state index in [-0.39, 0.29) is 31.7 Å². The first-order valence-corrected chi connectivity index (χ1v) is 17.3. The second-order valence-corrected chi connectivity index (χ2v) is 14.1. The molecular formula is C38H60O7. The maximum absolute atomic E-state index is 12.3. The average Bonchev–Trinajstić information content (AvgIpc) is 3.37. The van der Waals surface area contributed by atoms with Crippen molar-refractivity contribution in [3.05, 3.63) is 57.7 Å². The largest absolute Gasteiger partial charge is 0.396 e. The third-order valence-electron chi connectivity index (χ3n) is 10.8. The number of hydrogen-bond donors (Lipinski definition) is 5. The summed E-state index contributed by atoms with van der Waals surface area (Å²) in [6.45, 7) is 7.67. The number of aldehydes is 1. The zero-order valence-electron chi connectivity index (χ0n) is 28.3. The zero-order chi connectivity index (χ0) is 33.0. The maximum atomic E-state index is 12.3.